The Balaban J connectivity index is 1.68. The van der Waals surface area contributed by atoms with Gasteiger partial charge in [-0.2, -0.15) is 0 Å². The molecule has 1 nitrogen and oxygen atoms in total. The molecule has 0 spiro atoms. The van der Waals surface area contributed by atoms with Crippen molar-refractivity contribution in [3.8, 4) is 0 Å². The molecule has 2 aliphatic rings. The lowest BCUT2D eigenvalue weighted by Crippen LogP contribution is -2.44. The highest BCUT2D eigenvalue weighted by molar-refractivity contribution is 6.02. The second-order valence-corrected chi connectivity index (χ2v) is 13.1. The van der Waals surface area contributed by atoms with Gasteiger partial charge in [0.1, 0.15) is 0 Å². The van der Waals surface area contributed by atoms with Crippen molar-refractivity contribution in [3.63, 3.8) is 0 Å². The van der Waals surface area contributed by atoms with Crippen LogP contribution in [0.5, 0.6) is 0 Å². The van der Waals surface area contributed by atoms with Crippen molar-refractivity contribution in [3.05, 3.63) is 161 Å². The molecule has 0 N–H and O–H groups in total. The van der Waals surface area contributed by atoms with E-state index in [9.17, 15) is 0 Å². The summed E-state index contributed by atoms with van der Waals surface area (Å²) >= 11 is 0. The molecule has 1 heteroatoms. The average molecular weight is 594 g/mol. The minimum atomic E-state index is -0.137. The fourth-order valence-corrected chi connectivity index (χ4v) is 8.18. The Morgan fingerprint density at radius 3 is 2.47 bits per heavy atom. The molecule has 3 aromatic carbocycles. The molecular formula is C44H51N. The van der Waals surface area contributed by atoms with Crippen LogP contribution < -0.4 is 0 Å². The molecule has 0 bridgehead atoms. The van der Waals surface area contributed by atoms with Crippen LogP contribution in [0, 0.1) is 24.2 Å². The number of rotatable bonds is 12. The number of benzene rings is 3. The van der Waals surface area contributed by atoms with E-state index in [1.54, 1.807) is 0 Å². The number of aliphatic imine (C=N–C) groups is 1. The molecule has 5 unspecified atom stereocenters. The van der Waals surface area contributed by atoms with Crippen molar-refractivity contribution in [2.75, 3.05) is 0 Å². The first-order valence-electron chi connectivity index (χ1n) is 17.0. The summed E-state index contributed by atoms with van der Waals surface area (Å²) in [6, 6.07) is 28.9. The van der Waals surface area contributed by atoms with E-state index in [-0.39, 0.29) is 5.41 Å². The van der Waals surface area contributed by atoms with Gasteiger partial charge in [0.05, 0.1) is 0 Å². The Labute approximate surface area is 272 Å². The Morgan fingerprint density at radius 1 is 1.00 bits per heavy atom. The van der Waals surface area contributed by atoms with Gasteiger partial charge in [-0.3, -0.25) is 4.99 Å². The van der Waals surface area contributed by atoms with Gasteiger partial charge in [-0.15, -0.1) is 0 Å². The quantitative estimate of drug-likeness (QED) is 0.185. The summed E-state index contributed by atoms with van der Waals surface area (Å²) in [5, 5.41) is 0. The zero-order valence-electron chi connectivity index (χ0n) is 28.0. The average Bonchev–Trinajstić information content (AvgIpc) is 3.08. The molecule has 5 atom stereocenters. The van der Waals surface area contributed by atoms with E-state index in [1.165, 1.54) is 39.1 Å². The SMILES string of the molecule is C=C(C)c1ccccc1CC(C)C(C=CCC)(C1CC=CC=C1C1=NC=CC(c2ccccc2)C1)C(CC)c1ccccc1C. The zero-order chi connectivity index (χ0) is 31.8. The molecule has 1 aliphatic heterocycles. The first kappa shape index (κ1) is 32.4. The van der Waals surface area contributed by atoms with Gasteiger partial charge in [0, 0.05) is 29.7 Å². The van der Waals surface area contributed by atoms with E-state index >= 15 is 0 Å². The van der Waals surface area contributed by atoms with Crippen LogP contribution >= 0.6 is 0 Å². The van der Waals surface area contributed by atoms with Crippen molar-refractivity contribution in [1.82, 2.24) is 0 Å². The summed E-state index contributed by atoms with van der Waals surface area (Å²) in [6.45, 7) is 16.0. The lowest BCUT2D eigenvalue weighted by molar-refractivity contribution is 0.120. The standard InChI is InChI=1S/C44H51N/c1-7-9-28-44(41(8-2)39-24-15-13-19-33(39)5,34(6)30-37-22-14-16-23-38(37)32(3)4)42-26-18-17-25-40(42)43-31-36(27-29-45-43)35-20-11-10-12-21-35/h9-25,27-29,34,36,41-42H,3,7-8,26,30-31H2,1-2,4-6H3. The summed E-state index contributed by atoms with van der Waals surface area (Å²) in [5.41, 5.74) is 10.5. The number of nitrogens with zero attached hydrogens (tertiary/aromatic N) is 1. The molecule has 3 aromatic rings. The van der Waals surface area contributed by atoms with Crippen LogP contribution in [0.1, 0.15) is 93.0 Å². The molecule has 232 valence electrons. The normalized spacial score (nSPS) is 20.7. The topological polar surface area (TPSA) is 12.4 Å². The minimum absolute atomic E-state index is 0.137. The van der Waals surface area contributed by atoms with Crippen LogP contribution in [0.15, 0.2) is 139 Å². The Hall–Kier alpha value is -3.97. The maximum absolute atomic E-state index is 5.13. The van der Waals surface area contributed by atoms with Crippen molar-refractivity contribution >= 4 is 11.3 Å². The lowest BCUT2D eigenvalue weighted by Gasteiger charge is -2.51. The molecule has 5 rings (SSSR count). The number of hydrogen-bond donors (Lipinski definition) is 0. The van der Waals surface area contributed by atoms with Gasteiger partial charge >= 0.3 is 0 Å². The predicted octanol–water partition coefficient (Wildman–Crippen LogP) is 12.0. The van der Waals surface area contributed by atoms with Gasteiger partial charge in [-0.05, 0) is 90.7 Å². The number of hydrogen-bond acceptors (Lipinski definition) is 1. The first-order valence-corrected chi connectivity index (χ1v) is 17.0. The highest BCUT2D eigenvalue weighted by atomic mass is 14.7. The zero-order valence-corrected chi connectivity index (χ0v) is 28.0. The molecule has 1 aliphatic carbocycles. The molecule has 0 fully saturated rings. The monoisotopic (exact) mass is 593 g/mol. The number of aryl methyl sites for hydroxylation is 1. The second kappa shape index (κ2) is 14.9. The summed E-state index contributed by atoms with van der Waals surface area (Å²) in [6.07, 6.45) is 21.5. The molecule has 0 aromatic heterocycles. The van der Waals surface area contributed by atoms with Crippen LogP contribution in [0.4, 0.5) is 0 Å². The smallest absolute Gasteiger partial charge is 0.0447 e. The summed E-state index contributed by atoms with van der Waals surface area (Å²) in [4.78, 5) is 5.13. The maximum atomic E-state index is 5.13. The van der Waals surface area contributed by atoms with Gasteiger partial charge < -0.3 is 0 Å². The van der Waals surface area contributed by atoms with Crippen molar-refractivity contribution in [2.45, 2.75) is 78.6 Å². The molecule has 0 amide bonds. The van der Waals surface area contributed by atoms with Crippen LogP contribution in [-0.4, -0.2) is 5.71 Å². The van der Waals surface area contributed by atoms with E-state index in [2.05, 4.69) is 163 Å². The minimum Gasteiger partial charge on any atom is -0.261 e. The van der Waals surface area contributed by atoms with Crippen LogP contribution in [0.25, 0.3) is 5.57 Å². The van der Waals surface area contributed by atoms with Crippen LogP contribution in [0.2, 0.25) is 0 Å². The fourth-order valence-electron chi connectivity index (χ4n) is 8.18. The van der Waals surface area contributed by atoms with Gasteiger partial charge in [0.2, 0.25) is 0 Å². The highest BCUT2D eigenvalue weighted by Crippen LogP contribution is 2.57. The molecule has 0 saturated heterocycles. The highest BCUT2D eigenvalue weighted by Gasteiger charge is 2.49. The van der Waals surface area contributed by atoms with E-state index in [1.807, 2.05) is 0 Å². The predicted molar refractivity (Wildman–Crippen MR) is 196 cm³/mol. The Kier molecular flexibility index (Phi) is 10.7. The van der Waals surface area contributed by atoms with E-state index in [0.717, 1.165) is 37.7 Å². The van der Waals surface area contributed by atoms with Crippen LogP contribution in [-0.2, 0) is 6.42 Å². The fraction of sp³-hybridized carbons (Fsp3) is 0.341. The lowest BCUT2D eigenvalue weighted by atomic mass is 9.52. The Morgan fingerprint density at radius 2 is 1.73 bits per heavy atom. The van der Waals surface area contributed by atoms with Crippen molar-refractivity contribution < 1.29 is 0 Å². The molecule has 0 saturated carbocycles. The molecule has 0 radical (unpaired) electrons. The van der Waals surface area contributed by atoms with Gasteiger partial charge in [-0.1, -0.05) is 148 Å². The van der Waals surface area contributed by atoms with E-state index < -0.39 is 0 Å². The summed E-state index contributed by atoms with van der Waals surface area (Å²) in [7, 11) is 0. The largest absolute Gasteiger partial charge is 0.261 e. The van der Waals surface area contributed by atoms with E-state index in [0.29, 0.717) is 23.7 Å². The summed E-state index contributed by atoms with van der Waals surface area (Å²) < 4.78 is 0. The second-order valence-electron chi connectivity index (χ2n) is 13.1. The van der Waals surface area contributed by atoms with Crippen LogP contribution in [0.3, 0.4) is 0 Å². The van der Waals surface area contributed by atoms with Crippen molar-refractivity contribution in [1.29, 1.82) is 0 Å². The van der Waals surface area contributed by atoms with Gasteiger partial charge in [0.15, 0.2) is 0 Å². The molecular weight excluding hydrogens is 542 g/mol. The van der Waals surface area contributed by atoms with Crippen molar-refractivity contribution in [2.24, 2.45) is 22.2 Å². The third-order valence-electron chi connectivity index (χ3n) is 10.4. The number of allylic oxidation sites excluding steroid dienone is 8. The third-order valence-corrected chi connectivity index (χ3v) is 10.4. The third kappa shape index (κ3) is 6.84. The van der Waals surface area contributed by atoms with Gasteiger partial charge in [0.25, 0.3) is 0 Å². The summed E-state index contributed by atoms with van der Waals surface area (Å²) in [5.74, 6) is 1.33. The Bertz CT molecular complexity index is 1610. The van der Waals surface area contributed by atoms with Gasteiger partial charge in [-0.25, -0.2) is 0 Å². The maximum Gasteiger partial charge on any atom is 0.0447 e. The van der Waals surface area contributed by atoms with E-state index in [4.69, 9.17) is 4.99 Å². The molecule has 45 heavy (non-hydrogen) atoms. The molecule has 1 heterocycles. The first-order chi connectivity index (χ1) is 21.9.